The molecule has 0 fully saturated rings. The highest BCUT2D eigenvalue weighted by Crippen LogP contribution is 2.20. The van der Waals surface area contributed by atoms with Crippen molar-refractivity contribution in [2.24, 2.45) is 11.3 Å². The lowest BCUT2D eigenvalue weighted by atomic mass is 9.92. The van der Waals surface area contributed by atoms with Crippen LogP contribution >= 0.6 is 0 Å². The number of ether oxygens (including phenoxy) is 2. The van der Waals surface area contributed by atoms with Crippen LogP contribution in [0.4, 0.5) is 0 Å². The summed E-state index contributed by atoms with van der Waals surface area (Å²) >= 11 is 0. The van der Waals surface area contributed by atoms with E-state index in [1.165, 1.54) is 0 Å². The van der Waals surface area contributed by atoms with Gasteiger partial charge in [0.15, 0.2) is 0 Å². The Balaban J connectivity index is 4.02. The van der Waals surface area contributed by atoms with Gasteiger partial charge < -0.3 is 9.47 Å². The van der Waals surface area contributed by atoms with Crippen molar-refractivity contribution in [2.75, 3.05) is 7.11 Å². The number of rotatable bonds is 5. The zero-order valence-electron chi connectivity index (χ0n) is 10.8. The lowest BCUT2D eigenvalue weighted by molar-refractivity contribution is -0.178. The number of esters is 1. The topological polar surface area (TPSA) is 35.5 Å². The maximum atomic E-state index is 11.5. The summed E-state index contributed by atoms with van der Waals surface area (Å²) in [6, 6.07) is 0. The molecule has 0 rings (SSSR count). The van der Waals surface area contributed by atoms with Crippen LogP contribution in [0.5, 0.6) is 0 Å². The van der Waals surface area contributed by atoms with Crippen molar-refractivity contribution in [2.45, 2.75) is 53.8 Å². The van der Waals surface area contributed by atoms with Crippen LogP contribution in [0.2, 0.25) is 0 Å². The van der Waals surface area contributed by atoms with E-state index in [0.717, 1.165) is 6.42 Å². The molecule has 3 nitrogen and oxygen atoms in total. The van der Waals surface area contributed by atoms with Crippen molar-refractivity contribution in [1.29, 1.82) is 0 Å². The second-order valence-electron chi connectivity index (χ2n) is 5.52. The molecule has 0 aromatic carbocycles. The predicted octanol–water partition coefficient (Wildman–Crippen LogP) is 2.98. The van der Waals surface area contributed by atoms with Crippen LogP contribution in [-0.4, -0.2) is 19.4 Å². The molecule has 3 heteroatoms. The van der Waals surface area contributed by atoms with Crippen LogP contribution in [0.15, 0.2) is 0 Å². The summed E-state index contributed by atoms with van der Waals surface area (Å²) in [6.07, 6.45) is 0.761. The van der Waals surface area contributed by atoms with E-state index in [-0.39, 0.29) is 11.4 Å². The van der Waals surface area contributed by atoms with Crippen LogP contribution in [0.25, 0.3) is 0 Å². The van der Waals surface area contributed by atoms with E-state index in [0.29, 0.717) is 12.3 Å². The monoisotopic (exact) mass is 216 g/mol. The fourth-order valence-corrected chi connectivity index (χ4v) is 1.20. The molecule has 1 atom stereocenters. The first kappa shape index (κ1) is 14.4. The molecule has 0 radical (unpaired) electrons. The Morgan fingerprint density at radius 1 is 1.27 bits per heavy atom. The van der Waals surface area contributed by atoms with Crippen LogP contribution in [0, 0.1) is 11.3 Å². The van der Waals surface area contributed by atoms with Crippen LogP contribution in [0.3, 0.4) is 0 Å². The first-order chi connectivity index (χ1) is 6.74. The molecule has 0 aliphatic carbocycles. The molecule has 0 aliphatic heterocycles. The number of carbonyl (C=O) groups is 1. The third-order valence-corrected chi connectivity index (χ3v) is 1.86. The van der Waals surface area contributed by atoms with E-state index < -0.39 is 6.29 Å². The molecule has 0 heterocycles. The molecule has 0 saturated heterocycles. The molecule has 90 valence electrons. The quantitative estimate of drug-likeness (QED) is 0.523. The summed E-state index contributed by atoms with van der Waals surface area (Å²) in [7, 11) is 1.57. The highest BCUT2D eigenvalue weighted by Gasteiger charge is 2.20. The maximum Gasteiger partial charge on any atom is 0.308 e. The molecular weight excluding hydrogens is 192 g/mol. The lowest BCUT2D eigenvalue weighted by Crippen LogP contribution is -2.24. The number of methoxy groups -OCH3 is 1. The Bertz CT molecular complexity index is 192. The Labute approximate surface area is 93.1 Å². The summed E-state index contributed by atoms with van der Waals surface area (Å²) < 4.78 is 10.3. The fourth-order valence-electron chi connectivity index (χ4n) is 1.20. The minimum atomic E-state index is -0.403. The van der Waals surface area contributed by atoms with Gasteiger partial charge in [0.05, 0.1) is 6.42 Å². The molecular formula is C12H24O3. The molecule has 0 N–H and O–H groups in total. The number of hydrogen-bond acceptors (Lipinski definition) is 3. The van der Waals surface area contributed by atoms with E-state index in [9.17, 15) is 4.79 Å². The summed E-state index contributed by atoms with van der Waals surface area (Å²) in [5.74, 6) is 0.271. The summed E-state index contributed by atoms with van der Waals surface area (Å²) in [6.45, 7) is 10.2. The normalized spacial score (nSPS) is 14.1. The molecule has 1 unspecified atom stereocenters. The second kappa shape index (κ2) is 6.11. The number of carbonyl (C=O) groups excluding carboxylic acids is 1. The van der Waals surface area contributed by atoms with Crippen LogP contribution in [0.1, 0.15) is 47.5 Å². The minimum Gasteiger partial charge on any atom is -0.436 e. The van der Waals surface area contributed by atoms with Gasteiger partial charge in [0.25, 0.3) is 0 Å². The first-order valence-electron chi connectivity index (χ1n) is 5.47. The largest absolute Gasteiger partial charge is 0.436 e. The lowest BCUT2D eigenvalue weighted by Gasteiger charge is -2.21. The molecule has 0 bridgehead atoms. The van der Waals surface area contributed by atoms with Crippen molar-refractivity contribution in [1.82, 2.24) is 0 Å². The van der Waals surface area contributed by atoms with Crippen LogP contribution < -0.4 is 0 Å². The van der Waals surface area contributed by atoms with E-state index in [2.05, 4.69) is 13.8 Å². The van der Waals surface area contributed by atoms with E-state index in [4.69, 9.17) is 9.47 Å². The SMILES string of the molecule is COC(CC(C)C)OC(=O)CC(C)(C)C. The fraction of sp³-hybridized carbons (Fsp3) is 0.917. The Morgan fingerprint density at radius 2 is 1.80 bits per heavy atom. The summed E-state index contributed by atoms with van der Waals surface area (Å²) in [5, 5.41) is 0. The van der Waals surface area contributed by atoms with Crippen LogP contribution in [-0.2, 0) is 14.3 Å². The van der Waals surface area contributed by atoms with Gasteiger partial charge in [0, 0.05) is 13.5 Å². The predicted molar refractivity (Wildman–Crippen MR) is 60.4 cm³/mol. The van der Waals surface area contributed by atoms with Crippen molar-refractivity contribution >= 4 is 5.97 Å². The van der Waals surface area contributed by atoms with Gasteiger partial charge in [-0.25, -0.2) is 0 Å². The van der Waals surface area contributed by atoms with Crippen molar-refractivity contribution in [3.63, 3.8) is 0 Å². The molecule has 0 amide bonds. The standard InChI is InChI=1S/C12H24O3/c1-9(2)7-11(14-6)15-10(13)8-12(3,4)5/h9,11H,7-8H2,1-6H3. The third-order valence-electron chi connectivity index (χ3n) is 1.86. The van der Waals surface area contributed by atoms with Gasteiger partial charge in [-0.15, -0.1) is 0 Å². The van der Waals surface area contributed by atoms with E-state index in [1.54, 1.807) is 7.11 Å². The van der Waals surface area contributed by atoms with Gasteiger partial charge >= 0.3 is 5.97 Å². The smallest absolute Gasteiger partial charge is 0.308 e. The second-order valence-corrected chi connectivity index (χ2v) is 5.52. The minimum absolute atomic E-state index is 0.0345. The molecule has 15 heavy (non-hydrogen) atoms. The summed E-state index contributed by atoms with van der Waals surface area (Å²) in [4.78, 5) is 11.5. The Kier molecular flexibility index (Phi) is 5.88. The average Bonchev–Trinajstić information content (AvgIpc) is 1.98. The van der Waals surface area contributed by atoms with Gasteiger partial charge in [-0.2, -0.15) is 0 Å². The molecule has 0 aromatic rings. The van der Waals surface area contributed by atoms with E-state index in [1.807, 2.05) is 20.8 Å². The maximum absolute atomic E-state index is 11.5. The molecule has 0 aromatic heterocycles. The first-order valence-corrected chi connectivity index (χ1v) is 5.47. The molecule has 0 aliphatic rings. The van der Waals surface area contributed by atoms with E-state index >= 15 is 0 Å². The van der Waals surface area contributed by atoms with Crippen molar-refractivity contribution < 1.29 is 14.3 Å². The Morgan fingerprint density at radius 3 is 2.13 bits per heavy atom. The number of hydrogen-bond donors (Lipinski definition) is 0. The molecule has 0 saturated carbocycles. The van der Waals surface area contributed by atoms with Gasteiger partial charge in [-0.05, 0) is 11.3 Å². The van der Waals surface area contributed by atoms with Gasteiger partial charge in [-0.1, -0.05) is 34.6 Å². The summed E-state index contributed by atoms with van der Waals surface area (Å²) in [5.41, 5.74) is -0.0345. The van der Waals surface area contributed by atoms with Crippen molar-refractivity contribution in [3.8, 4) is 0 Å². The zero-order valence-corrected chi connectivity index (χ0v) is 10.8. The Hall–Kier alpha value is -0.570. The van der Waals surface area contributed by atoms with Crippen molar-refractivity contribution in [3.05, 3.63) is 0 Å². The van der Waals surface area contributed by atoms with Gasteiger partial charge in [-0.3, -0.25) is 4.79 Å². The molecule has 0 spiro atoms. The van der Waals surface area contributed by atoms with Gasteiger partial charge in [0.1, 0.15) is 0 Å². The highest BCUT2D eigenvalue weighted by molar-refractivity contribution is 5.70. The average molecular weight is 216 g/mol. The third kappa shape index (κ3) is 8.43. The zero-order chi connectivity index (χ0) is 12.1. The van der Waals surface area contributed by atoms with Gasteiger partial charge in [0.2, 0.25) is 6.29 Å². The highest BCUT2D eigenvalue weighted by atomic mass is 16.7.